The maximum absolute atomic E-state index is 12.8. The molecule has 1 saturated carbocycles. The number of hydrazone groups is 1. The molecule has 2 amide bonds. The van der Waals surface area contributed by atoms with Gasteiger partial charge >= 0.3 is 5.97 Å². The maximum atomic E-state index is 12.8. The summed E-state index contributed by atoms with van der Waals surface area (Å²) in [7, 11) is 0. The van der Waals surface area contributed by atoms with Crippen LogP contribution in [0.3, 0.4) is 0 Å². The number of nitrogens with zero attached hydrogens (tertiary/aromatic N) is 2. The van der Waals surface area contributed by atoms with Crippen LogP contribution in [-0.2, 0) is 9.59 Å². The van der Waals surface area contributed by atoms with E-state index in [9.17, 15) is 14.4 Å². The molecule has 2 bridgehead atoms. The first kappa shape index (κ1) is 20.0. The predicted molar refractivity (Wildman–Crippen MR) is 116 cm³/mol. The highest BCUT2D eigenvalue weighted by molar-refractivity contribution is 6.31. The number of benzene rings is 2. The molecule has 0 spiro atoms. The largest absolute Gasteiger partial charge is 0.454 e. The molecule has 166 valence electrons. The Balaban J connectivity index is 1.24. The van der Waals surface area contributed by atoms with Crippen LogP contribution < -0.4 is 14.2 Å². The van der Waals surface area contributed by atoms with Crippen molar-refractivity contribution in [1.82, 2.24) is 5.01 Å². The Morgan fingerprint density at radius 1 is 1.03 bits per heavy atom. The number of ether oxygens (including phenoxy) is 3. The van der Waals surface area contributed by atoms with Crippen molar-refractivity contribution in [1.29, 1.82) is 0 Å². The number of amides is 2. The molecule has 0 aromatic heterocycles. The van der Waals surface area contributed by atoms with Crippen molar-refractivity contribution in [2.45, 2.75) is 6.42 Å². The van der Waals surface area contributed by atoms with Gasteiger partial charge < -0.3 is 14.2 Å². The molecule has 2 aromatic carbocycles. The number of hydrogen-bond acceptors (Lipinski definition) is 7. The number of esters is 1. The zero-order valence-electron chi connectivity index (χ0n) is 17.1. The van der Waals surface area contributed by atoms with Crippen LogP contribution >= 0.6 is 11.6 Å². The van der Waals surface area contributed by atoms with E-state index >= 15 is 0 Å². The normalized spacial score (nSPS) is 26.5. The number of carbonyl (C=O) groups is 3. The third-order valence-corrected chi connectivity index (χ3v) is 6.78. The molecule has 8 nitrogen and oxygen atoms in total. The van der Waals surface area contributed by atoms with Crippen LogP contribution in [0.15, 0.2) is 53.7 Å². The summed E-state index contributed by atoms with van der Waals surface area (Å²) < 4.78 is 16.1. The van der Waals surface area contributed by atoms with Gasteiger partial charge in [0.2, 0.25) is 6.79 Å². The van der Waals surface area contributed by atoms with E-state index < -0.39 is 5.97 Å². The second kappa shape index (κ2) is 7.45. The van der Waals surface area contributed by atoms with Gasteiger partial charge in [-0.05, 0) is 54.7 Å². The van der Waals surface area contributed by atoms with Crippen molar-refractivity contribution in [3.05, 3.63) is 64.7 Å². The summed E-state index contributed by atoms with van der Waals surface area (Å²) in [6, 6.07) is 9.39. The highest BCUT2D eigenvalue weighted by Gasteiger charge is 2.59. The Morgan fingerprint density at radius 2 is 1.76 bits per heavy atom. The first-order valence-electron chi connectivity index (χ1n) is 10.5. The van der Waals surface area contributed by atoms with Crippen LogP contribution in [0.4, 0.5) is 0 Å². The van der Waals surface area contributed by atoms with Crippen LogP contribution in [0.5, 0.6) is 17.2 Å². The molecule has 9 heteroatoms. The molecule has 2 aliphatic carbocycles. The number of carbonyl (C=O) groups excluding carboxylic acids is 3. The van der Waals surface area contributed by atoms with Crippen LogP contribution in [-0.4, -0.2) is 35.8 Å². The van der Waals surface area contributed by atoms with E-state index in [-0.39, 0.29) is 53.6 Å². The molecule has 4 aliphatic rings. The Kier molecular flexibility index (Phi) is 4.51. The average molecular weight is 465 g/mol. The zero-order valence-corrected chi connectivity index (χ0v) is 17.9. The Bertz CT molecular complexity index is 1240. The Labute approximate surface area is 193 Å². The SMILES string of the molecule is O=C(Oc1ccc(Cl)cc1C=NN1C(=O)[C@@H]2[C@H](C1=O)[C@H]1C=C[C@H]2C1)c1ccc2c(c1)OCO2. The van der Waals surface area contributed by atoms with E-state index in [4.69, 9.17) is 25.8 Å². The van der Waals surface area contributed by atoms with Gasteiger partial charge in [0, 0.05) is 10.6 Å². The van der Waals surface area contributed by atoms with Gasteiger partial charge in [-0.15, -0.1) is 0 Å². The molecule has 2 aromatic rings. The summed E-state index contributed by atoms with van der Waals surface area (Å²) >= 11 is 6.12. The highest BCUT2D eigenvalue weighted by Crippen LogP contribution is 2.52. The molecule has 0 radical (unpaired) electrons. The van der Waals surface area contributed by atoms with E-state index in [1.165, 1.54) is 18.3 Å². The van der Waals surface area contributed by atoms with Crippen LogP contribution in [0.1, 0.15) is 22.3 Å². The summed E-state index contributed by atoms with van der Waals surface area (Å²) in [6.45, 7) is 0.0961. The molecular weight excluding hydrogens is 448 g/mol. The van der Waals surface area contributed by atoms with Gasteiger partial charge in [-0.2, -0.15) is 10.1 Å². The van der Waals surface area contributed by atoms with Crippen molar-refractivity contribution >= 4 is 35.6 Å². The molecular formula is C24H17ClN2O6. The first-order chi connectivity index (χ1) is 16.0. The molecule has 2 fully saturated rings. The van der Waals surface area contributed by atoms with E-state index in [1.807, 2.05) is 12.2 Å². The van der Waals surface area contributed by atoms with Gasteiger partial charge in [0.25, 0.3) is 11.8 Å². The van der Waals surface area contributed by atoms with Gasteiger partial charge in [0.15, 0.2) is 11.5 Å². The van der Waals surface area contributed by atoms with Crippen molar-refractivity contribution in [3.63, 3.8) is 0 Å². The van der Waals surface area contributed by atoms with Gasteiger partial charge in [-0.3, -0.25) is 9.59 Å². The molecule has 2 aliphatic heterocycles. The van der Waals surface area contributed by atoms with Gasteiger partial charge in [-0.1, -0.05) is 23.8 Å². The monoisotopic (exact) mass is 464 g/mol. The van der Waals surface area contributed by atoms with Gasteiger partial charge in [-0.25, -0.2) is 4.79 Å². The standard InChI is InChI=1S/C24H17ClN2O6/c25-16-4-6-17(33-24(30)14-3-5-18-19(9-14)32-11-31-18)15(8-16)10-26-27-22(28)20-12-1-2-13(7-12)21(20)23(27)29/h1-6,8-10,12-13,20-21H,7,11H2/t12-,13-,20-,21+/m0/s1. The number of rotatable bonds is 4. The Hall–Kier alpha value is -3.65. The molecule has 1 saturated heterocycles. The summed E-state index contributed by atoms with van der Waals surface area (Å²) in [5.74, 6) is -0.482. The average Bonchev–Trinajstić information content (AvgIpc) is 3.58. The third kappa shape index (κ3) is 3.21. The van der Waals surface area contributed by atoms with E-state index in [2.05, 4.69) is 5.10 Å². The van der Waals surface area contributed by atoms with Crippen LogP contribution in [0.2, 0.25) is 5.02 Å². The number of allylic oxidation sites excluding steroid dienone is 2. The second-order valence-electron chi connectivity index (χ2n) is 8.37. The predicted octanol–water partition coefficient (Wildman–Crippen LogP) is 3.43. The number of imide groups is 1. The first-order valence-corrected chi connectivity index (χ1v) is 10.9. The number of halogens is 1. The fourth-order valence-corrected chi connectivity index (χ4v) is 5.20. The van der Waals surface area contributed by atoms with E-state index in [1.54, 1.807) is 24.3 Å². The number of fused-ring (bicyclic) bond motifs is 6. The topological polar surface area (TPSA) is 94.5 Å². The van der Waals surface area contributed by atoms with Crippen LogP contribution in [0, 0.1) is 23.7 Å². The summed E-state index contributed by atoms with van der Waals surface area (Å²) in [5.41, 5.74) is 0.633. The lowest BCUT2D eigenvalue weighted by Gasteiger charge is -2.13. The molecule has 2 heterocycles. The fourth-order valence-electron chi connectivity index (χ4n) is 5.02. The smallest absolute Gasteiger partial charge is 0.343 e. The minimum atomic E-state index is -0.615. The van der Waals surface area contributed by atoms with Crippen LogP contribution in [0.25, 0.3) is 0 Å². The Morgan fingerprint density at radius 3 is 2.52 bits per heavy atom. The lowest BCUT2D eigenvalue weighted by molar-refractivity contribution is -0.140. The van der Waals surface area contributed by atoms with E-state index in [0.717, 1.165) is 11.4 Å². The third-order valence-electron chi connectivity index (χ3n) is 6.54. The second-order valence-corrected chi connectivity index (χ2v) is 8.81. The highest BCUT2D eigenvalue weighted by atomic mass is 35.5. The molecule has 6 rings (SSSR count). The summed E-state index contributed by atoms with van der Waals surface area (Å²) in [4.78, 5) is 38.4. The minimum Gasteiger partial charge on any atom is -0.454 e. The maximum Gasteiger partial charge on any atom is 0.343 e. The lowest BCUT2D eigenvalue weighted by atomic mass is 9.85. The quantitative estimate of drug-likeness (QED) is 0.226. The lowest BCUT2D eigenvalue weighted by Crippen LogP contribution is -2.28. The number of hydrogen-bond donors (Lipinski definition) is 0. The van der Waals surface area contributed by atoms with Gasteiger partial charge in [0.05, 0.1) is 23.6 Å². The van der Waals surface area contributed by atoms with Crippen molar-refractivity contribution in [2.24, 2.45) is 28.8 Å². The van der Waals surface area contributed by atoms with Crippen molar-refractivity contribution < 1.29 is 28.6 Å². The summed E-state index contributed by atoms with van der Waals surface area (Å²) in [6.07, 6.45) is 6.21. The minimum absolute atomic E-state index is 0.0961. The van der Waals surface area contributed by atoms with E-state index in [0.29, 0.717) is 22.1 Å². The van der Waals surface area contributed by atoms with Crippen molar-refractivity contribution in [3.8, 4) is 17.2 Å². The van der Waals surface area contributed by atoms with Gasteiger partial charge in [0.1, 0.15) is 5.75 Å². The molecule has 4 atom stereocenters. The molecule has 33 heavy (non-hydrogen) atoms. The summed E-state index contributed by atoms with van der Waals surface area (Å²) in [5, 5.41) is 5.48. The molecule has 0 N–H and O–H groups in total. The van der Waals surface area contributed by atoms with Crippen molar-refractivity contribution in [2.75, 3.05) is 6.79 Å². The fraction of sp³-hybridized carbons (Fsp3) is 0.250. The zero-order chi connectivity index (χ0) is 22.7. The molecule has 0 unspecified atom stereocenters.